The number of hydrogen-bond acceptors (Lipinski definition) is 7. The van der Waals surface area contributed by atoms with Crippen LogP contribution in [0.4, 0.5) is 17.1 Å². The molecule has 0 aromatic heterocycles. The van der Waals surface area contributed by atoms with Crippen molar-refractivity contribution in [3.8, 4) is 0 Å². The standard InChI is InChI=1S/C29H33N5O4/c1-20(29(37)38-4)30-28(36)26(18-21-9-6-5-7-10-21)31-27(35)19-22-11-8-12-24(17-22)33-32-23-13-15-25(16-14-23)34(2)3/h5-17,20,26H,18-19H2,1-4H3,(H,30,36)(H,31,35). The van der Waals surface area contributed by atoms with Crippen LogP contribution in [0.25, 0.3) is 0 Å². The molecule has 0 aliphatic heterocycles. The Morgan fingerprint density at radius 3 is 2.16 bits per heavy atom. The number of azo groups is 1. The van der Waals surface area contributed by atoms with E-state index in [1.54, 1.807) is 18.2 Å². The number of anilines is 1. The Kier molecular flexibility index (Phi) is 10.1. The highest BCUT2D eigenvalue weighted by molar-refractivity contribution is 5.91. The molecule has 0 bridgehead atoms. The van der Waals surface area contributed by atoms with Crippen molar-refractivity contribution in [2.75, 3.05) is 26.1 Å². The maximum Gasteiger partial charge on any atom is 0.328 e. The third-order valence-corrected chi connectivity index (χ3v) is 5.77. The predicted molar refractivity (Wildman–Crippen MR) is 147 cm³/mol. The van der Waals surface area contributed by atoms with Crippen LogP contribution < -0.4 is 15.5 Å². The van der Waals surface area contributed by atoms with Gasteiger partial charge in [0.1, 0.15) is 12.1 Å². The molecule has 2 amide bonds. The number of rotatable bonds is 11. The highest BCUT2D eigenvalue weighted by atomic mass is 16.5. The van der Waals surface area contributed by atoms with Gasteiger partial charge in [-0.1, -0.05) is 42.5 Å². The van der Waals surface area contributed by atoms with E-state index >= 15 is 0 Å². The average molecular weight is 516 g/mol. The number of benzene rings is 3. The molecule has 0 saturated carbocycles. The fourth-order valence-corrected chi connectivity index (χ4v) is 3.70. The lowest BCUT2D eigenvalue weighted by atomic mass is 10.0. The lowest BCUT2D eigenvalue weighted by molar-refractivity contribution is -0.144. The lowest BCUT2D eigenvalue weighted by Crippen LogP contribution is -2.52. The number of amides is 2. The lowest BCUT2D eigenvalue weighted by Gasteiger charge is -2.21. The van der Waals surface area contributed by atoms with Crippen molar-refractivity contribution in [2.24, 2.45) is 10.2 Å². The van der Waals surface area contributed by atoms with E-state index in [1.807, 2.05) is 79.7 Å². The van der Waals surface area contributed by atoms with E-state index in [0.717, 1.165) is 22.5 Å². The number of nitrogens with one attached hydrogen (secondary N) is 2. The molecule has 0 spiro atoms. The van der Waals surface area contributed by atoms with Crippen LogP contribution in [0.15, 0.2) is 89.1 Å². The first-order valence-electron chi connectivity index (χ1n) is 12.2. The zero-order chi connectivity index (χ0) is 27.5. The van der Waals surface area contributed by atoms with Gasteiger partial charge in [-0.15, -0.1) is 0 Å². The van der Waals surface area contributed by atoms with Crippen LogP contribution in [0.2, 0.25) is 0 Å². The number of esters is 1. The summed E-state index contributed by atoms with van der Waals surface area (Å²) in [5.74, 6) is -1.37. The number of nitrogens with zero attached hydrogens (tertiary/aromatic N) is 3. The van der Waals surface area contributed by atoms with Gasteiger partial charge < -0.3 is 20.3 Å². The Hall–Kier alpha value is -4.53. The van der Waals surface area contributed by atoms with E-state index in [1.165, 1.54) is 14.0 Å². The summed E-state index contributed by atoms with van der Waals surface area (Å²) in [6.45, 7) is 1.53. The first kappa shape index (κ1) is 28.0. The minimum Gasteiger partial charge on any atom is -0.467 e. The maximum absolute atomic E-state index is 12.9. The van der Waals surface area contributed by atoms with Gasteiger partial charge in [-0.2, -0.15) is 10.2 Å². The molecular formula is C29H33N5O4. The Bertz CT molecular complexity index is 1260. The maximum atomic E-state index is 12.9. The summed E-state index contributed by atoms with van der Waals surface area (Å²) in [6.07, 6.45) is 0.319. The second-order valence-electron chi connectivity index (χ2n) is 9.02. The van der Waals surface area contributed by atoms with Crippen molar-refractivity contribution in [3.63, 3.8) is 0 Å². The topological polar surface area (TPSA) is 112 Å². The molecule has 9 heteroatoms. The molecule has 0 radical (unpaired) electrons. The summed E-state index contributed by atoms with van der Waals surface area (Å²) in [6, 6.07) is 22.5. The molecule has 2 unspecified atom stereocenters. The van der Waals surface area contributed by atoms with E-state index < -0.39 is 24.0 Å². The summed E-state index contributed by atoms with van der Waals surface area (Å²) >= 11 is 0. The van der Waals surface area contributed by atoms with Crippen LogP contribution >= 0.6 is 0 Å². The molecule has 3 aromatic rings. The second kappa shape index (κ2) is 13.7. The number of ether oxygens (including phenoxy) is 1. The first-order chi connectivity index (χ1) is 18.2. The smallest absolute Gasteiger partial charge is 0.328 e. The van der Waals surface area contributed by atoms with E-state index in [4.69, 9.17) is 0 Å². The van der Waals surface area contributed by atoms with Crippen molar-refractivity contribution < 1.29 is 19.1 Å². The van der Waals surface area contributed by atoms with Crippen LogP contribution in [-0.2, 0) is 32.0 Å². The molecule has 0 fully saturated rings. The van der Waals surface area contributed by atoms with Gasteiger partial charge in [0, 0.05) is 26.2 Å². The zero-order valence-corrected chi connectivity index (χ0v) is 22.0. The fraction of sp³-hybridized carbons (Fsp3) is 0.276. The SMILES string of the molecule is COC(=O)C(C)NC(=O)C(Cc1ccccc1)NC(=O)Cc1cccc(N=Nc2ccc(N(C)C)cc2)c1. The number of carbonyl (C=O) groups excluding carboxylic acids is 3. The average Bonchev–Trinajstić information content (AvgIpc) is 2.92. The summed E-state index contributed by atoms with van der Waals surface area (Å²) in [5, 5.41) is 14.0. The second-order valence-corrected chi connectivity index (χ2v) is 9.02. The Balaban J connectivity index is 1.67. The predicted octanol–water partition coefficient (Wildman–Crippen LogP) is 4.12. The summed E-state index contributed by atoms with van der Waals surface area (Å²) < 4.78 is 4.69. The molecule has 0 aliphatic carbocycles. The van der Waals surface area contributed by atoms with E-state index in [9.17, 15) is 14.4 Å². The minimum absolute atomic E-state index is 0.0476. The Labute approximate surface area is 222 Å². The molecule has 198 valence electrons. The van der Waals surface area contributed by atoms with Crippen molar-refractivity contribution in [2.45, 2.75) is 31.8 Å². The third kappa shape index (κ3) is 8.55. The van der Waals surface area contributed by atoms with Gasteiger partial charge in [0.15, 0.2) is 0 Å². The summed E-state index contributed by atoms with van der Waals surface area (Å²) in [4.78, 5) is 39.6. The van der Waals surface area contributed by atoms with Gasteiger partial charge in [-0.05, 0) is 54.4 Å². The highest BCUT2D eigenvalue weighted by Gasteiger charge is 2.25. The van der Waals surface area contributed by atoms with Crippen molar-refractivity contribution >= 4 is 34.8 Å². The number of hydrogen-bond donors (Lipinski definition) is 2. The van der Waals surface area contributed by atoms with Gasteiger partial charge in [-0.3, -0.25) is 9.59 Å². The van der Waals surface area contributed by atoms with E-state index in [0.29, 0.717) is 5.69 Å². The molecule has 38 heavy (non-hydrogen) atoms. The van der Waals surface area contributed by atoms with Crippen LogP contribution in [0, 0.1) is 0 Å². The Morgan fingerprint density at radius 2 is 1.50 bits per heavy atom. The number of carbonyl (C=O) groups is 3. The van der Waals surface area contributed by atoms with Crippen LogP contribution in [-0.4, -0.2) is 51.1 Å². The fourth-order valence-electron chi connectivity index (χ4n) is 3.70. The van der Waals surface area contributed by atoms with Gasteiger partial charge in [-0.25, -0.2) is 4.79 Å². The third-order valence-electron chi connectivity index (χ3n) is 5.77. The first-order valence-corrected chi connectivity index (χ1v) is 12.2. The largest absolute Gasteiger partial charge is 0.467 e. The molecule has 2 N–H and O–H groups in total. The molecule has 0 saturated heterocycles. The van der Waals surface area contributed by atoms with E-state index in [2.05, 4.69) is 25.6 Å². The molecular weight excluding hydrogens is 482 g/mol. The van der Waals surface area contributed by atoms with Crippen molar-refractivity contribution in [3.05, 3.63) is 90.0 Å². The molecule has 2 atom stereocenters. The Morgan fingerprint density at radius 1 is 0.842 bits per heavy atom. The monoisotopic (exact) mass is 515 g/mol. The summed E-state index contributed by atoms with van der Waals surface area (Å²) in [5.41, 5.74) is 3.99. The number of methoxy groups -OCH3 is 1. The quantitative estimate of drug-likeness (QED) is 0.295. The van der Waals surface area contributed by atoms with Crippen molar-refractivity contribution in [1.29, 1.82) is 0 Å². The molecule has 9 nitrogen and oxygen atoms in total. The zero-order valence-electron chi connectivity index (χ0n) is 22.0. The molecule has 3 aromatic carbocycles. The van der Waals surface area contributed by atoms with Gasteiger partial charge in [0.25, 0.3) is 0 Å². The normalized spacial score (nSPS) is 12.4. The highest BCUT2D eigenvalue weighted by Crippen LogP contribution is 2.22. The van der Waals surface area contributed by atoms with Crippen LogP contribution in [0.5, 0.6) is 0 Å². The summed E-state index contributed by atoms with van der Waals surface area (Å²) in [7, 11) is 5.19. The van der Waals surface area contributed by atoms with Gasteiger partial charge >= 0.3 is 5.97 Å². The van der Waals surface area contributed by atoms with Gasteiger partial charge in [0.05, 0.1) is 24.9 Å². The molecule has 0 aliphatic rings. The minimum atomic E-state index is -0.870. The van der Waals surface area contributed by atoms with Crippen LogP contribution in [0.3, 0.4) is 0 Å². The van der Waals surface area contributed by atoms with E-state index in [-0.39, 0.29) is 18.7 Å². The molecule has 3 rings (SSSR count). The molecule has 0 heterocycles. The van der Waals surface area contributed by atoms with Gasteiger partial charge in [0.2, 0.25) is 11.8 Å². The van der Waals surface area contributed by atoms with Crippen molar-refractivity contribution in [1.82, 2.24) is 10.6 Å². The van der Waals surface area contributed by atoms with Crippen LogP contribution in [0.1, 0.15) is 18.1 Å².